The van der Waals surface area contributed by atoms with E-state index in [0.717, 1.165) is 5.56 Å². The molecule has 2 aromatic carbocycles. The number of aryl methyl sites for hydroxylation is 1. The van der Waals surface area contributed by atoms with Gasteiger partial charge in [0.25, 0.3) is 0 Å². The molecule has 0 fully saturated rings. The second kappa shape index (κ2) is 7.36. The van der Waals surface area contributed by atoms with Crippen molar-refractivity contribution in [2.75, 3.05) is 25.3 Å². The molecule has 0 aliphatic carbocycles. The summed E-state index contributed by atoms with van der Waals surface area (Å²) in [6.45, 7) is 0. The molecule has 0 saturated heterocycles. The molecule has 22 heavy (non-hydrogen) atoms. The number of benzene rings is 2. The Bertz CT molecular complexity index is 656. The summed E-state index contributed by atoms with van der Waals surface area (Å²) in [5.74, 6) is 1.14. The Labute approximate surface area is 130 Å². The van der Waals surface area contributed by atoms with E-state index in [1.165, 1.54) is 0 Å². The number of nitrogens with one attached hydrogen (secondary N) is 1. The molecule has 1 amide bonds. The maximum atomic E-state index is 12.1. The summed E-state index contributed by atoms with van der Waals surface area (Å²) >= 11 is 0. The minimum Gasteiger partial charge on any atom is -0.497 e. The second-order valence-electron chi connectivity index (χ2n) is 4.81. The number of methoxy groups -OCH3 is 2. The fourth-order valence-electron chi connectivity index (χ4n) is 2.12. The number of nitrogens with two attached hydrogens (primary N) is 1. The average Bonchev–Trinajstić information content (AvgIpc) is 2.54. The summed E-state index contributed by atoms with van der Waals surface area (Å²) in [7, 11) is 3.13. The largest absolute Gasteiger partial charge is 0.497 e. The molecule has 116 valence electrons. The Hall–Kier alpha value is -2.69. The molecule has 0 bridgehead atoms. The number of anilines is 2. The fraction of sp³-hybridized carbons (Fsp3) is 0.235. The smallest absolute Gasteiger partial charge is 0.224 e. The molecular weight excluding hydrogens is 280 g/mol. The van der Waals surface area contributed by atoms with Crippen molar-refractivity contribution in [1.29, 1.82) is 0 Å². The predicted molar refractivity (Wildman–Crippen MR) is 87.4 cm³/mol. The number of carbonyl (C=O) groups excluding carboxylic acids is 1. The molecule has 2 aromatic rings. The van der Waals surface area contributed by atoms with Gasteiger partial charge in [-0.15, -0.1) is 0 Å². The van der Waals surface area contributed by atoms with Gasteiger partial charge in [-0.2, -0.15) is 0 Å². The Balaban J connectivity index is 1.99. The number of hydrogen-bond acceptors (Lipinski definition) is 4. The highest BCUT2D eigenvalue weighted by Crippen LogP contribution is 2.29. The van der Waals surface area contributed by atoms with Gasteiger partial charge in [0.15, 0.2) is 0 Å². The van der Waals surface area contributed by atoms with Crippen LogP contribution in [0, 0.1) is 0 Å². The van der Waals surface area contributed by atoms with E-state index >= 15 is 0 Å². The molecule has 0 atom stereocenters. The molecule has 0 radical (unpaired) electrons. The van der Waals surface area contributed by atoms with Crippen LogP contribution < -0.4 is 20.5 Å². The highest BCUT2D eigenvalue weighted by atomic mass is 16.5. The monoisotopic (exact) mass is 300 g/mol. The lowest BCUT2D eigenvalue weighted by atomic mass is 10.1. The Morgan fingerprint density at radius 3 is 2.59 bits per heavy atom. The van der Waals surface area contributed by atoms with Gasteiger partial charge in [0.1, 0.15) is 11.5 Å². The molecule has 0 aromatic heterocycles. The van der Waals surface area contributed by atoms with Crippen LogP contribution in [-0.4, -0.2) is 20.1 Å². The molecule has 2 rings (SSSR count). The van der Waals surface area contributed by atoms with E-state index in [0.29, 0.717) is 35.7 Å². The third-order valence-corrected chi connectivity index (χ3v) is 3.36. The zero-order valence-electron chi connectivity index (χ0n) is 12.8. The third kappa shape index (κ3) is 3.91. The van der Waals surface area contributed by atoms with Crippen LogP contribution >= 0.6 is 0 Å². The van der Waals surface area contributed by atoms with E-state index in [9.17, 15) is 4.79 Å². The number of amides is 1. The zero-order chi connectivity index (χ0) is 15.9. The van der Waals surface area contributed by atoms with Gasteiger partial charge in [-0.1, -0.05) is 18.2 Å². The number of nitrogen functional groups attached to an aromatic ring is 1. The second-order valence-corrected chi connectivity index (χ2v) is 4.81. The van der Waals surface area contributed by atoms with Gasteiger partial charge in [0.2, 0.25) is 5.91 Å². The van der Waals surface area contributed by atoms with Crippen LogP contribution in [-0.2, 0) is 11.2 Å². The standard InChI is InChI=1S/C17H20N2O3/c1-21-13-8-9-15(16(11-13)22-2)19-17(20)10-7-12-5-3-4-6-14(12)18/h3-6,8-9,11H,7,10,18H2,1-2H3,(H,19,20). The van der Waals surface area contributed by atoms with Crippen LogP contribution in [0.5, 0.6) is 11.5 Å². The van der Waals surface area contributed by atoms with E-state index in [4.69, 9.17) is 15.2 Å². The fourth-order valence-corrected chi connectivity index (χ4v) is 2.12. The van der Waals surface area contributed by atoms with Crippen molar-refractivity contribution in [2.24, 2.45) is 0 Å². The molecule has 0 unspecified atom stereocenters. The van der Waals surface area contributed by atoms with Gasteiger partial charge in [-0.25, -0.2) is 0 Å². The minimum atomic E-state index is -0.0910. The predicted octanol–water partition coefficient (Wildman–Crippen LogP) is 2.86. The first-order valence-electron chi connectivity index (χ1n) is 6.99. The number of ether oxygens (including phenoxy) is 2. The zero-order valence-corrected chi connectivity index (χ0v) is 12.8. The first kappa shape index (κ1) is 15.7. The van der Waals surface area contributed by atoms with Crippen molar-refractivity contribution in [3.8, 4) is 11.5 Å². The van der Waals surface area contributed by atoms with Crippen LogP contribution in [0.2, 0.25) is 0 Å². The Kier molecular flexibility index (Phi) is 5.25. The number of carbonyl (C=O) groups is 1. The minimum absolute atomic E-state index is 0.0910. The summed E-state index contributed by atoms with van der Waals surface area (Å²) in [6.07, 6.45) is 0.945. The lowest BCUT2D eigenvalue weighted by Crippen LogP contribution is -2.13. The normalized spacial score (nSPS) is 10.1. The quantitative estimate of drug-likeness (QED) is 0.805. The molecule has 0 spiro atoms. The van der Waals surface area contributed by atoms with Gasteiger partial charge in [0, 0.05) is 18.2 Å². The SMILES string of the molecule is COc1ccc(NC(=O)CCc2ccccc2N)c(OC)c1. The molecule has 0 saturated carbocycles. The third-order valence-electron chi connectivity index (χ3n) is 3.36. The summed E-state index contributed by atoms with van der Waals surface area (Å²) in [6, 6.07) is 12.8. The van der Waals surface area contributed by atoms with Crippen molar-refractivity contribution in [3.63, 3.8) is 0 Å². The molecular formula is C17H20N2O3. The lowest BCUT2D eigenvalue weighted by molar-refractivity contribution is -0.116. The van der Waals surface area contributed by atoms with E-state index in [-0.39, 0.29) is 5.91 Å². The molecule has 0 heterocycles. The number of hydrogen-bond donors (Lipinski definition) is 2. The van der Waals surface area contributed by atoms with Crippen LogP contribution in [0.4, 0.5) is 11.4 Å². The summed E-state index contributed by atoms with van der Waals surface area (Å²) in [5.41, 5.74) is 8.17. The van der Waals surface area contributed by atoms with Gasteiger partial charge >= 0.3 is 0 Å². The lowest BCUT2D eigenvalue weighted by Gasteiger charge is -2.12. The maximum absolute atomic E-state index is 12.1. The van der Waals surface area contributed by atoms with Gasteiger partial charge in [-0.3, -0.25) is 4.79 Å². The van der Waals surface area contributed by atoms with Crippen molar-refractivity contribution < 1.29 is 14.3 Å². The number of para-hydroxylation sites is 1. The Morgan fingerprint density at radius 2 is 1.91 bits per heavy atom. The summed E-state index contributed by atoms with van der Waals surface area (Å²) in [5, 5.41) is 2.84. The van der Waals surface area contributed by atoms with Crippen molar-refractivity contribution >= 4 is 17.3 Å². The van der Waals surface area contributed by atoms with Crippen molar-refractivity contribution in [1.82, 2.24) is 0 Å². The van der Waals surface area contributed by atoms with Crippen LogP contribution in [0.3, 0.4) is 0 Å². The molecule has 0 aliphatic rings. The molecule has 5 nitrogen and oxygen atoms in total. The average molecular weight is 300 g/mol. The molecule has 0 aliphatic heterocycles. The maximum Gasteiger partial charge on any atom is 0.224 e. The van der Waals surface area contributed by atoms with Crippen molar-refractivity contribution in [3.05, 3.63) is 48.0 Å². The van der Waals surface area contributed by atoms with Crippen LogP contribution in [0.25, 0.3) is 0 Å². The highest BCUT2D eigenvalue weighted by Gasteiger charge is 2.09. The van der Waals surface area contributed by atoms with E-state index < -0.39 is 0 Å². The van der Waals surface area contributed by atoms with Gasteiger partial charge in [0.05, 0.1) is 19.9 Å². The first-order chi connectivity index (χ1) is 10.6. The summed E-state index contributed by atoms with van der Waals surface area (Å²) < 4.78 is 10.4. The highest BCUT2D eigenvalue weighted by molar-refractivity contribution is 5.92. The molecule has 3 N–H and O–H groups in total. The van der Waals surface area contributed by atoms with E-state index in [1.807, 2.05) is 24.3 Å². The van der Waals surface area contributed by atoms with Crippen LogP contribution in [0.1, 0.15) is 12.0 Å². The topological polar surface area (TPSA) is 73.6 Å². The Morgan fingerprint density at radius 1 is 1.14 bits per heavy atom. The first-order valence-corrected chi connectivity index (χ1v) is 6.99. The summed E-state index contributed by atoms with van der Waals surface area (Å²) in [4.78, 5) is 12.1. The van der Waals surface area contributed by atoms with Crippen molar-refractivity contribution in [2.45, 2.75) is 12.8 Å². The van der Waals surface area contributed by atoms with Gasteiger partial charge in [-0.05, 0) is 30.2 Å². The van der Waals surface area contributed by atoms with Crippen LogP contribution in [0.15, 0.2) is 42.5 Å². The molecule has 5 heteroatoms. The van der Waals surface area contributed by atoms with Gasteiger partial charge < -0.3 is 20.5 Å². The number of rotatable bonds is 6. The van der Waals surface area contributed by atoms with E-state index in [2.05, 4.69) is 5.32 Å². The van der Waals surface area contributed by atoms with E-state index in [1.54, 1.807) is 32.4 Å².